The lowest BCUT2D eigenvalue weighted by Gasteiger charge is -2.18. The number of nitrogens with zero attached hydrogens (tertiary/aromatic N) is 3. The van der Waals surface area contributed by atoms with Gasteiger partial charge in [-0.3, -0.25) is 4.90 Å². The first kappa shape index (κ1) is 17.1. The molecule has 0 atom stereocenters. The molecule has 0 saturated carbocycles. The Morgan fingerprint density at radius 2 is 1.96 bits per heavy atom. The lowest BCUT2D eigenvalue weighted by Crippen LogP contribution is -2.36. The zero-order chi connectivity index (χ0) is 17.8. The van der Waals surface area contributed by atoms with Crippen LogP contribution >= 0.6 is 11.3 Å². The molecule has 0 unspecified atom stereocenters. The number of thiophene rings is 1. The lowest BCUT2D eigenvalue weighted by molar-refractivity contribution is 0.253. The summed E-state index contributed by atoms with van der Waals surface area (Å²) >= 11 is 1.56. The summed E-state index contributed by atoms with van der Waals surface area (Å²) in [7, 11) is 0. The predicted molar refractivity (Wildman–Crippen MR) is 102 cm³/mol. The van der Waals surface area contributed by atoms with Crippen LogP contribution in [0.4, 0.5) is 10.7 Å². The molecule has 128 valence electrons. The van der Waals surface area contributed by atoms with E-state index >= 15 is 0 Å². The molecule has 0 aliphatic heterocycles. The molecule has 2 heterocycles. The number of primary amides is 1. The Morgan fingerprint density at radius 1 is 1.20 bits per heavy atom. The van der Waals surface area contributed by atoms with Crippen LogP contribution in [0.1, 0.15) is 30.2 Å². The fourth-order valence-corrected chi connectivity index (χ4v) is 3.18. The number of rotatable bonds is 5. The zero-order valence-electron chi connectivity index (χ0n) is 14.2. The summed E-state index contributed by atoms with van der Waals surface area (Å²) in [4.78, 5) is 23.0. The van der Waals surface area contributed by atoms with Crippen LogP contribution in [0.25, 0.3) is 11.3 Å². The number of urea groups is 1. The molecule has 6 heteroatoms. The molecule has 0 aliphatic rings. The van der Waals surface area contributed by atoms with Crippen molar-refractivity contribution in [1.82, 2.24) is 9.97 Å². The van der Waals surface area contributed by atoms with E-state index in [0.29, 0.717) is 18.4 Å². The van der Waals surface area contributed by atoms with Gasteiger partial charge in [0.2, 0.25) is 5.95 Å². The molecule has 0 spiro atoms. The number of nitrogens with two attached hydrogens (primary N) is 1. The summed E-state index contributed by atoms with van der Waals surface area (Å²) in [6.45, 7) is 4.68. The van der Waals surface area contributed by atoms with Crippen LogP contribution in [0, 0.1) is 0 Å². The summed E-state index contributed by atoms with van der Waals surface area (Å²) in [5.74, 6) is 0.789. The molecule has 0 radical (unpaired) electrons. The molecule has 2 amide bonds. The second kappa shape index (κ2) is 7.44. The quantitative estimate of drug-likeness (QED) is 0.739. The molecule has 3 rings (SSSR count). The molecule has 3 aromatic rings. The van der Waals surface area contributed by atoms with Crippen molar-refractivity contribution in [3.63, 3.8) is 0 Å². The van der Waals surface area contributed by atoms with Crippen molar-refractivity contribution in [3.8, 4) is 11.3 Å². The highest BCUT2D eigenvalue weighted by molar-refractivity contribution is 7.09. The molecule has 0 bridgehead atoms. The number of benzene rings is 1. The second-order valence-corrected chi connectivity index (χ2v) is 7.05. The van der Waals surface area contributed by atoms with Crippen LogP contribution in [0.15, 0.2) is 54.0 Å². The number of aromatic nitrogens is 2. The van der Waals surface area contributed by atoms with Crippen molar-refractivity contribution in [2.24, 2.45) is 5.73 Å². The molecule has 2 aromatic heterocycles. The van der Waals surface area contributed by atoms with Gasteiger partial charge in [-0.1, -0.05) is 44.2 Å². The van der Waals surface area contributed by atoms with E-state index in [1.165, 1.54) is 10.5 Å². The monoisotopic (exact) mass is 352 g/mol. The van der Waals surface area contributed by atoms with Crippen molar-refractivity contribution < 1.29 is 4.79 Å². The molecule has 0 saturated heterocycles. The molecule has 25 heavy (non-hydrogen) atoms. The van der Waals surface area contributed by atoms with Crippen LogP contribution in [-0.2, 0) is 6.54 Å². The fraction of sp³-hybridized carbons (Fsp3) is 0.211. The van der Waals surface area contributed by atoms with E-state index in [9.17, 15) is 4.79 Å². The summed E-state index contributed by atoms with van der Waals surface area (Å²) in [5.41, 5.74) is 8.55. The van der Waals surface area contributed by atoms with E-state index in [0.717, 1.165) is 16.1 Å². The first-order chi connectivity index (χ1) is 12.0. The Balaban J connectivity index is 1.90. The van der Waals surface area contributed by atoms with Crippen molar-refractivity contribution >= 4 is 23.3 Å². The summed E-state index contributed by atoms with van der Waals surface area (Å²) in [6, 6.07) is 13.4. The van der Waals surface area contributed by atoms with Gasteiger partial charge in [-0.05, 0) is 29.0 Å². The maximum absolute atomic E-state index is 11.9. The number of amides is 2. The van der Waals surface area contributed by atoms with Crippen molar-refractivity contribution in [2.75, 3.05) is 4.90 Å². The minimum Gasteiger partial charge on any atom is -0.351 e. The van der Waals surface area contributed by atoms with Gasteiger partial charge in [-0.2, -0.15) is 0 Å². The van der Waals surface area contributed by atoms with E-state index in [1.54, 1.807) is 17.5 Å². The first-order valence-electron chi connectivity index (χ1n) is 8.07. The van der Waals surface area contributed by atoms with Gasteiger partial charge < -0.3 is 5.73 Å². The Labute approximate surface area is 151 Å². The molecular weight excluding hydrogens is 332 g/mol. The van der Waals surface area contributed by atoms with Crippen LogP contribution in [-0.4, -0.2) is 16.0 Å². The Morgan fingerprint density at radius 3 is 2.56 bits per heavy atom. The minimum atomic E-state index is -0.569. The third-order valence-corrected chi connectivity index (χ3v) is 4.78. The highest BCUT2D eigenvalue weighted by atomic mass is 32.1. The van der Waals surface area contributed by atoms with E-state index in [2.05, 4.69) is 35.9 Å². The summed E-state index contributed by atoms with van der Waals surface area (Å²) in [5, 5.41) is 1.96. The maximum atomic E-state index is 11.9. The highest BCUT2D eigenvalue weighted by Gasteiger charge is 2.17. The van der Waals surface area contributed by atoms with E-state index < -0.39 is 6.03 Å². The zero-order valence-corrected chi connectivity index (χ0v) is 15.0. The van der Waals surface area contributed by atoms with E-state index in [-0.39, 0.29) is 0 Å². The SMILES string of the molecule is CC(C)c1ccc(-c2ccnc(N(Cc3cccs3)C(N)=O)n2)cc1. The van der Waals surface area contributed by atoms with Gasteiger partial charge in [0.1, 0.15) is 0 Å². The third kappa shape index (κ3) is 4.03. The predicted octanol–water partition coefficient (Wildman–Crippen LogP) is 4.41. The normalized spacial score (nSPS) is 10.8. The van der Waals surface area contributed by atoms with Crippen LogP contribution in [0.5, 0.6) is 0 Å². The molecule has 2 N–H and O–H groups in total. The number of anilines is 1. The van der Waals surface area contributed by atoms with E-state index in [4.69, 9.17) is 5.73 Å². The maximum Gasteiger partial charge on any atom is 0.322 e. The standard InChI is InChI=1S/C19H20N4OS/c1-13(2)14-5-7-15(8-6-14)17-9-10-21-19(22-17)23(18(20)24)12-16-4-3-11-25-16/h3-11,13H,12H2,1-2H3,(H2,20,24). The van der Waals surface area contributed by atoms with Crippen LogP contribution < -0.4 is 10.6 Å². The molecule has 1 aromatic carbocycles. The lowest BCUT2D eigenvalue weighted by atomic mass is 10.0. The molecule has 0 aliphatic carbocycles. The fourth-order valence-electron chi connectivity index (χ4n) is 2.48. The minimum absolute atomic E-state index is 0.311. The average Bonchev–Trinajstić information content (AvgIpc) is 3.13. The van der Waals surface area contributed by atoms with Gasteiger partial charge >= 0.3 is 6.03 Å². The topological polar surface area (TPSA) is 72.1 Å². The van der Waals surface area contributed by atoms with Gasteiger partial charge in [0, 0.05) is 16.6 Å². The average molecular weight is 352 g/mol. The number of hydrogen-bond acceptors (Lipinski definition) is 4. The van der Waals surface area contributed by atoms with Gasteiger partial charge in [-0.25, -0.2) is 14.8 Å². The smallest absolute Gasteiger partial charge is 0.322 e. The first-order valence-corrected chi connectivity index (χ1v) is 8.95. The third-order valence-electron chi connectivity index (χ3n) is 3.92. The molecule has 5 nitrogen and oxygen atoms in total. The highest BCUT2D eigenvalue weighted by Crippen LogP contribution is 2.23. The Bertz CT molecular complexity index is 844. The van der Waals surface area contributed by atoms with E-state index in [1.807, 2.05) is 35.7 Å². The van der Waals surface area contributed by atoms with Gasteiger partial charge in [-0.15, -0.1) is 11.3 Å². The van der Waals surface area contributed by atoms with Crippen molar-refractivity contribution in [3.05, 3.63) is 64.5 Å². The van der Waals surface area contributed by atoms with Crippen LogP contribution in [0.3, 0.4) is 0 Å². The summed E-state index contributed by atoms with van der Waals surface area (Å²) in [6.07, 6.45) is 1.65. The second-order valence-electron chi connectivity index (χ2n) is 6.02. The summed E-state index contributed by atoms with van der Waals surface area (Å²) < 4.78 is 0. The number of carbonyl (C=O) groups is 1. The van der Waals surface area contributed by atoms with Crippen LogP contribution in [0.2, 0.25) is 0 Å². The van der Waals surface area contributed by atoms with Gasteiger partial charge in [0.25, 0.3) is 0 Å². The largest absolute Gasteiger partial charge is 0.351 e. The number of hydrogen-bond donors (Lipinski definition) is 1. The molecule has 0 fully saturated rings. The van der Waals surface area contributed by atoms with Crippen molar-refractivity contribution in [1.29, 1.82) is 0 Å². The Kier molecular flexibility index (Phi) is 5.09. The van der Waals surface area contributed by atoms with Gasteiger partial charge in [0.15, 0.2) is 0 Å². The number of carbonyl (C=O) groups excluding carboxylic acids is 1. The van der Waals surface area contributed by atoms with Gasteiger partial charge in [0.05, 0.1) is 12.2 Å². The molecular formula is C19H20N4OS. The Hall–Kier alpha value is -2.73. The van der Waals surface area contributed by atoms with Crippen molar-refractivity contribution in [2.45, 2.75) is 26.3 Å².